The maximum Gasteiger partial charge on any atom is 0.179 e. The molecule has 0 aliphatic carbocycles. The summed E-state index contributed by atoms with van der Waals surface area (Å²) >= 11 is 6.24. The third kappa shape index (κ3) is 2.57. The van der Waals surface area contributed by atoms with E-state index >= 15 is 0 Å². The van der Waals surface area contributed by atoms with Crippen LogP contribution in [0.25, 0.3) is 22.7 Å². The Hall–Kier alpha value is -2.97. The molecule has 1 aliphatic heterocycles. The molecule has 0 fully saturated rings. The molecule has 0 atom stereocenters. The first-order valence-corrected chi connectivity index (χ1v) is 7.78. The van der Waals surface area contributed by atoms with Gasteiger partial charge in [-0.3, -0.25) is 0 Å². The van der Waals surface area contributed by atoms with E-state index in [0.717, 1.165) is 16.6 Å². The number of benzene rings is 2. The van der Waals surface area contributed by atoms with Crippen LogP contribution in [0.5, 0.6) is 11.5 Å². The van der Waals surface area contributed by atoms with Gasteiger partial charge in [-0.25, -0.2) is 4.98 Å². The number of imidazole rings is 1. The van der Waals surface area contributed by atoms with E-state index in [9.17, 15) is 5.26 Å². The van der Waals surface area contributed by atoms with E-state index in [1.54, 1.807) is 18.2 Å². The number of hydrogen-bond acceptors (Lipinski definition) is 4. The number of nitriles is 1. The van der Waals surface area contributed by atoms with Gasteiger partial charge in [-0.1, -0.05) is 23.7 Å². The highest BCUT2D eigenvalue weighted by Crippen LogP contribution is 2.39. The summed E-state index contributed by atoms with van der Waals surface area (Å²) in [5, 5.41) is 9.97. The van der Waals surface area contributed by atoms with Gasteiger partial charge in [-0.15, -0.1) is 0 Å². The largest absolute Gasteiger partial charge is 0.486 e. The minimum absolute atomic E-state index is 0.416. The van der Waals surface area contributed by atoms with Crippen LogP contribution in [-0.4, -0.2) is 23.2 Å². The molecule has 0 spiro atoms. The Morgan fingerprint density at radius 2 is 2.08 bits per heavy atom. The van der Waals surface area contributed by atoms with Gasteiger partial charge in [0.15, 0.2) is 11.5 Å². The molecule has 2 aromatic carbocycles. The van der Waals surface area contributed by atoms with Crippen LogP contribution >= 0.6 is 11.6 Å². The molecule has 0 saturated carbocycles. The van der Waals surface area contributed by atoms with E-state index in [2.05, 4.69) is 16.0 Å². The lowest BCUT2D eigenvalue weighted by Gasteiger charge is -2.19. The molecule has 4 rings (SSSR count). The fourth-order valence-corrected chi connectivity index (χ4v) is 2.89. The second-order valence-electron chi connectivity index (χ2n) is 5.30. The van der Waals surface area contributed by atoms with E-state index in [1.165, 1.54) is 0 Å². The van der Waals surface area contributed by atoms with E-state index in [-0.39, 0.29) is 0 Å². The smallest absolute Gasteiger partial charge is 0.179 e. The Balaban J connectivity index is 1.78. The number of H-pyrrole nitrogens is 1. The number of nitrogens with one attached hydrogen (secondary N) is 1. The van der Waals surface area contributed by atoms with E-state index in [1.807, 2.05) is 24.3 Å². The zero-order valence-corrected chi connectivity index (χ0v) is 13.3. The standard InChI is InChI=1S/C18H12ClN3O2/c19-13-8-11(9-16-17(13)24-6-5-23-16)7-12(10-20)18-21-14-3-1-2-4-15(14)22-18/h1-4,7-9H,5-6H2,(H,21,22)/b12-7+. The summed E-state index contributed by atoms with van der Waals surface area (Å²) in [5.74, 6) is 1.65. The number of para-hydroxylation sites is 2. The van der Waals surface area contributed by atoms with Crippen molar-refractivity contribution >= 4 is 34.3 Å². The number of nitrogens with zero attached hydrogens (tertiary/aromatic N) is 2. The molecule has 24 heavy (non-hydrogen) atoms. The van der Waals surface area contributed by atoms with Crippen molar-refractivity contribution in [3.8, 4) is 17.6 Å². The average molecular weight is 338 g/mol. The SMILES string of the molecule is N#C/C(=C\c1cc(Cl)c2c(c1)OCCO2)c1nc2ccccc2[nH]1. The summed E-state index contributed by atoms with van der Waals surface area (Å²) in [7, 11) is 0. The molecule has 5 nitrogen and oxygen atoms in total. The summed E-state index contributed by atoms with van der Waals surface area (Å²) in [4.78, 5) is 7.61. The molecule has 1 N–H and O–H groups in total. The maximum atomic E-state index is 9.51. The number of aromatic amines is 1. The van der Waals surface area contributed by atoms with Crippen LogP contribution in [0.15, 0.2) is 36.4 Å². The molecule has 1 aliphatic rings. The number of rotatable bonds is 2. The molecule has 0 saturated heterocycles. The minimum atomic E-state index is 0.416. The van der Waals surface area contributed by atoms with Crippen molar-refractivity contribution in [1.82, 2.24) is 9.97 Å². The Morgan fingerprint density at radius 1 is 1.25 bits per heavy atom. The van der Waals surface area contributed by atoms with Crippen LogP contribution in [0.1, 0.15) is 11.4 Å². The molecular formula is C18H12ClN3O2. The molecule has 3 aromatic rings. The lowest BCUT2D eigenvalue weighted by atomic mass is 10.1. The Morgan fingerprint density at radius 3 is 2.92 bits per heavy atom. The highest BCUT2D eigenvalue weighted by molar-refractivity contribution is 6.32. The number of allylic oxidation sites excluding steroid dienone is 1. The summed E-state index contributed by atoms with van der Waals surface area (Å²) in [6, 6.07) is 13.4. The molecule has 0 amide bonds. The van der Waals surface area contributed by atoms with Crippen LogP contribution < -0.4 is 9.47 Å². The number of hydrogen-bond donors (Lipinski definition) is 1. The predicted octanol–water partition coefficient (Wildman–Crippen LogP) is 4.05. The lowest BCUT2D eigenvalue weighted by molar-refractivity contribution is 0.171. The average Bonchev–Trinajstić information content (AvgIpc) is 3.03. The van der Waals surface area contributed by atoms with Gasteiger partial charge in [0.1, 0.15) is 25.1 Å². The molecule has 0 bridgehead atoms. The van der Waals surface area contributed by atoms with Crippen molar-refractivity contribution in [2.75, 3.05) is 13.2 Å². The van der Waals surface area contributed by atoms with Crippen LogP contribution in [-0.2, 0) is 0 Å². The quantitative estimate of drug-likeness (QED) is 0.716. The fourth-order valence-electron chi connectivity index (χ4n) is 2.61. The predicted molar refractivity (Wildman–Crippen MR) is 92.0 cm³/mol. The summed E-state index contributed by atoms with van der Waals surface area (Å²) in [6.07, 6.45) is 1.72. The second-order valence-corrected chi connectivity index (χ2v) is 5.71. The fraction of sp³-hybridized carbons (Fsp3) is 0.111. The molecule has 0 radical (unpaired) electrons. The van der Waals surface area contributed by atoms with Crippen LogP contribution in [0.3, 0.4) is 0 Å². The third-order valence-corrected chi connectivity index (χ3v) is 3.98. The Bertz CT molecular complexity index is 968. The Labute approximate surface area is 143 Å². The van der Waals surface area contributed by atoms with Crippen LogP contribution in [0.2, 0.25) is 5.02 Å². The van der Waals surface area contributed by atoms with E-state index in [0.29, 0.717) is 41.1 Å². The number of ether oxygens (including phenoxy) is 2. The van der Waals surface area contributed by atoms with Gasteiger partial charge >= 0.3 is 0 Å². The highest BCUT2D eigenvalue weighted by atomic mass is 35.5. The lowest BCUT2D eigenvalue weighted by Crippen LogP contribution is -2.15. The highest BCUT2D eigenvalue weighted by Gasteiger charge is 2.17. The normalized spacial score (nSPS) is 13.8. The van der Waals surface area contributed by atoms with Crippen molar-refractivity contribution in [3.63, 3.8) is 0 Å². The monoisotopic (exact) mass is 337 g/mol. The van der Waals surface area contributed by atoms with E-state index in [4.69, 9.17) is 21.1 Å². The van der Waals surface area contributed by atoms with Crippen molar-refractivity contribution in [1.29, 1.82) is 5.26 Å². The van der Waals surface area contributed by atoms with Gasteiger partial charge < -0.3 is 14.5 Å². The van der Waals surface area contributed by atoms with Gasteiger partial charge in [-0.2, -0.15) is 5.26 Å². The van der Waals surface area contributed by atoms with Gasteiger partial charge in [0, 0.05) is 0 Å². The number of fused-ring (bicyclic) bond motifs is 2. The van der Waals surface area contributed by atoms with Gasteiger partial charge in [-0.05, 0) is 35.9 Å². The van der Waals surface area contributed by atoms with Crippen LogP contribution in [0.4, 0.5) is 0 Å². The van der Waals surface area contributed by atoms with Crippen LogP contribution in [0, 0.1) is 11.3 Å². The molecule has 0 unspecified atom stereocenters. The zero-order valence-electron chi connectivity index (χ0n) is 12.5. The molecule has 1 aromatic heterocycles. The number of halogens is 1. The minimum Gasteiger partial charge on any atom is -0.486 e. The molecule has 6 heteroatoms. The second kappa shape index (κ2) is 5.91. The first-order valence-electron chi connectivity index (χ1n) is 7.40. The van der Waals surface area contributed by atoms with E-state index < -0.39 is 0 Å². The van der Waals surface area contributed by atoms with Crippen molar-refractivity contribution in [2.24, 2.45) is 0 Å². The summed E-state index contributed by atoms with van der Waals surface area (Å²) < 4.78 is 11.1. The third-order valence-electron chi connectivity index (χ3n) is 3.70. The maximum absolute atomic E-state index is 9.51. The Kier molecular flexibility index (Phi) is 3.60. The topological polar surface area (TPSA) is 70.9 Å². The van der Waals surface area contributed by atoms with Crippen molar-refractivity contribution < 1.29 is 9.47 Å². The zero-order chi connectivity index (χ0) is 16.5. The summed E-state index contributed by atoms with van der Waals surface area (Å²) in [6.45, 7) is 0.954. The first-order chi connectivity index (χ1) is 11.7. The van der Waals surface area contributed by atoms with Gasteiger partial charge in [0.25, 0.3) is 0 Å². The summed E-state index contributed by atoms with van der Waals surface area (Å²) in [5.41, 5.74) is 2.86. The van der Waals surface area contributed by atoms with Gasteiger partial charge in [0.05, 0.1) is 21.6 Å². The molecule has 118 valence electrons. The molecule has 2 heterocycles. The van der Waals surface area contributed by atoms with Gasteiger partial charge in [0.2, 0.25) is 0 Å². The first kappa shape index (κ1) is 14.6. The van der Waals surface area contributed by atoms with Crippen molar-refractivity contribution in [2.45, 2.75) is 0 Å². The number of aromatic nitrogens is 2. The van der Waals surface area contributed by atoms with Crippen molar-refractivity contribution in [3.05, 3.63) is 52.8 Å². The molecular weight excluding hydrogens is 326 g/mol.